The number of hydrogen-bond donors (Lipinski definition) is 0. The van der Waals surface area contributed by atoms with Crippen molar-refractivity contribution in [1.82, 2.24) is 4.98 Å². The van der Waals surface area contributed by atoms with Crippen molar-refractivity contribution in [3.8, 4) is 11.5 Å². The second kappa shape index (κ2) is 5.26. The SMILES string of the molecule is Cc1cccc([N+](=O)[O-])c1Oc1cncc(C=O)c1. The number of hydrogen-bond acceptors (Lipinski definition) is 5. The summed E-state index contributed by atoms with van der Waals surface area (Å²) in [4.78, 5) is 24.9. The third kappa shape index (κ3) is 2.74. The van der Waals surface area contributed by atoms with Crippen LogP contribution in [0.1, 0.15) is 15.9 Å². The minimum Gasteiger partial charge on any atom is -0.448 e. The Balaban J connectivity index is 2.42. The highest BCUT2D eigenvalue weighted by molar-refractivity contribution is 5.74. The van der Waals surface area contributed by atoms with Crippen LogP contribution in [0.4, 0.5) is 5.69 Å². The topological polar surface area (TPSA) is 82.3 Å². The molecule has 0 N–H and O–H groups in total. The fraction of sp³-hybridized carbons (Fsp3) is 0.0769. The molecule has 0 unspecified atom stereocenters. The minimum absolute atomic E-state index is 0.128. The number of pyridine rings is 1. The lowest BCUT2D eigenvalue weighted by Crippen LogP contribution is -1.96. The number of aldehydes is 1. The van der Waals surface area contributed by atoms with Crippen LogP contribution in [0.3, 0.4) is 0 Å². The molecule has 2 aromatic rings. The Morgan fingerprint density at radius 2 is 2.16 bits per heavy atom. The number of rotatable bonds is 4. The molecular weight excluding hydrogens is 248 g/mol. The monoisotopic (exact) mass is 258 g/mol. The zero-order chi connectivity index (χ0) is 13.8. The van der Waals surface area contributed by atoms with Crippen molar-refractivity contribution in [1.29, 1.82) is 0 Å². The van der Waals surface area contributed by atoms with Gasteiger partial charge in [0.25, 0.3) is 0 Å². The highest BCUT2D eigenvalue weighted by atomic mass is 16.6. The maximum absolute atomic E-state index is 10.9. The van der Waals surface area contributed by atoms with Gasteiger partial charge in [0.15, 0.2) is 6.29 Å². The van der Waals surface area contributed by atoms with E-state index in [1.54, 1.807) is 19.1 Å². The van der Waals surface area contributed by atoms with E-state index in [1.165, 1.54) is 24.5 Å². The molecule has 0 aliphatic heterocycles. The molecule has 0 aliphatic carbocycles. The molecule has 0 fully saturated rings. The van der Waals surface area contributed by atoms with Crippen LogP contribution in [-0.2, 0) is 0 Å². The molecule has 96 valence electrons. The summed E-state index contributed by atoms with van der Waals surface area (Å²) in [5.74, 6) is 0.430. The second-order valence-corrected chi connectivity index (χ2v) is 3.85. The van der Waals surface area contributed by atoms with Gasteiger partial charge < -0.3 is 4.74 Å². The summed E-state index contributed by atoms with van der Waals surface area (Å²) >= 11 is 0. The Hall–Kier alpha value is -2.76. The van der Waals surface area contributed by atoms with E-state index >= 15 is 0 Å². The Kier molecular flexibility index (Phi) is 3.51. The molecule has 0 radical (unpaired) electrons. The van der Waals surface area contributed by atoms with Gasteiger partial charge in [0.2, 0.25) is 5.75 Å². The van der Waals surface area contributed by atoms with Gasteiger partial charge in [-0.1, -0.05) is 12.1 Å². The van der Waals surface area contributed by atoms with Gasteiger partial charge in [0.05, 0.1) is 11.1 Å². The molecule has 0 aliphatic rings. The van der Waals surface area contributed by atoms with E-state index in [0.717, 1.165) is 0 Å². The summed E-state index contributed by atoms with van der Waals surface area (Å²) in [5.41, 5.74) is 0.843. The average molecular weight is 258 g/mol. The van der Waals surface area contributed by atoms with Crippen molar-refractivity contribution in [2.24, 2.45) is 0 Å². The number of nitro benzene ring substituents is 1. The highest BCUT2D eigenvalue weighted by Crippen LogP contribution is 2.34. The molecule has 0 bridgehead atoms. The van der Waals surface area contributed by atoms with Gasteiger partial charge in [-0.05, 0) is 18.6 Å². The Bertz CT molecular complexity index is 640. The normalized spacial score (nSPS) is 9.95. The molecule has 1 aromatic carbocycles. The summed E-state index contributed by atoms with van der Waals surface area (Å²) in [6, 6.07) is 6.12. The zero-order valence-electron chi connectivity index (χ0n) is 10.1. The number of nitro groups is 1. The molecule has 1 heterocycles. The Morgan fingerprint density at radius 1 is 1.37 bits per heavy atom. The second-order valence-electron chi connectivity index (χ2n) is 3.85. The number of aryl methyl sites for hydroxylation is 1. The maximum Gasteiger partial charge on any atom is 0.311 e. The minimum atomic E-state index is -0.515. The fourth-order valence-electron chi connectivity index (χ4n) is 1.59. The molecule has 0 saturated carbocycles. The first-order valence-corrected chi connectivity index (χ1v) is 5.44. The predicted molar refractivity (Wildman–Crippen MR) is 67.5 cm³/mol. The van der Waals surface area contributed by atoms with Gasteiger partial charge >= 0.3 is 5.69 Å². The molecule has 0 spiro atoms. The summed E-state index contributed by atoms with van der Waals surface area (Å²) in [7, 11) is 0. The van der Waals surface area contributed by atoms with E-state index in [2.05, 4.69) is 4.98 Å². The van der Waals surface area contributed by atoms with Crippen molar-refractivity contribution >= 4 is 12.0 Å². The van der Waals surface area contributed by atoms with Gasteiger partial charge in [-0.15, -0.1) is 0 Å². The number of nitrogens with zero attached hydrogens (tertiary/aromatic N) is 2. The van der Waals surface area contributed by atoms with Gasteiger partial charge in [-0.2, -0.15) is 0 Å². The van der Waals surface area contributed by atoms with Crippen molar-refractivity contribution in [3.05, 3.63) is 57.9 Å². The molecule has 0 atom stereocenters. The fourth-order valence-corrected chi connectivity index (χ4v) is 1.59. The van der Waals surface area contributed by atoms with E-state index in [-0.39, 0.29) is 17.2 Å². The lowest BCUT2D eigenvalue weighted by molar-refractivity contribution is -0.385. The van der Waals surface area contributed by atoms with E-state index in [9.17, 15) is 14.9 Å². The van der Waals surface area contributed by atoms with Crippen LogP contribution < -0.4 is 4.74 Å². The average Bonchev–Trinajstić information content (AvgIpc) is 2.41. The van der Waals surface area contributed by atoms with Crippen LogP contribution in [0.15, 0.2) is 36.7 Å². The van der Waals surface area contributed by atoms with Crippen molar-refractivity contribution in [2.75, 3.05) is 0 Å². The lowest BCUT2D eigenvalue weighted by atomic mass is 10.2. The first-order chi connectivity index (χ1) is 9.11. The third-order valence-corrected chi connectivity index (χ3v) is 2.48. The zero-order valence-corrected chi connectivity index (χ0v) is 10.1. The lowest BCUT2D eigenvalue weighted by Gasteiger charge is -2.08. The summed E-state index contributed by atoms with van der Waals surface area (Å²) in [6.45, 7) is 1.71. The molecule has 6 heteroatoms. The number of carbonyl (C=O) groups is 1. The van der Waals surface area contributed by atoms with Crippen LogP contribution in [0.25, 0.3) is 0 Å². The molecule has 0 amide bonds. The predicted octanol–water partition coefficient (Wildman–Crippen LogP) is 2.90. The van der Waals surface area contributed by atoms with Gasteiger partial charge in [-0.25, -0.2) is 0 Å². The molecule has 6 nitrogen and oxygen atoms in total. The van der Waals surface area contributed by atoms with Gasteiger partial charge in [0.1, 0.15) is 5.75 Å². The molecule has 1 aromatic heterocycles. The molecule has 2 rings (SSSR count). The van der Waals surface area contributed by atoms with E-state index in [4.69, 9.17) is 4.74 Å². The molecular formula is C13H10N2O4. The first kappa shape index (κ1) is 12.7. The number of benzene rings is 1. The maximum atomic E-state index is 10.9. The highest BCUT2D eigenvalue weighted by Gasteiger charge is 2.17. The van der Waals surface area contributed by atoms with Crippen molar-refractivity contribution in [3.63, 3.8) is 0 Å². The Morgan fingerprint density at radius 3 is 2.84 bits per heavy atom. The van der Waals surface area contributed by atoms with Crippen LogP contribution in [-0.4, -0.2) is 16.2 Å². The summed E-state index contributed by atoms with van der Waals surface area (Å²) in [6.07, 6.45) is 3.40. The molecule has 0 saturated heterocycles. The van der Waals surface area contributed by atoms with Crippen LogP contribution >= 0.6 is 0 Å². The summed E-state index contributed by atoms with van der Waals surface area (Å²) in [5, 5.41) is 10.9. The number of para-hydroxylation sites is 1. The molecule has 19 heavy (non-hydrogen) atoms. The summed E-state index contributed by atoms with van der Waals surface area (Å²) < 4.78 is 5.48. The standard InChI is InChI=1S/C13H10N2O4/c1-9-3-2-4-12(15(17)18)13(9)19-11-5-10(8-16)6-14-7-11/h2-8H,1H3. The number of ether oxygens (including phenoxy) is 1. The quantitative estimate of drug-likeness (QED) is 0.478. The van der Waals surface area contributed by atoms with Crippen LogP contribution in [0, 0.1) is 17.0 Å². The van der Waals surface area contributed by atoms with E-state index in [1.807, 2.05) is 0 Å². The number of aromatic nitrogens is 1. The van der Waals surface area contributed by atoms with Crippen molar-refractivity contribution in [2.45, 2.75) is 6.92 Å². The van der Waals surface area contributed by atoms with E-state index in [0.29, 0.717) is 17.4 Å². The first-order valence-electron chi connectivity index (χ1n) is 5.44. The van der Waals surface area contributed by atoms with Crippen LogP contribution in [0.2, 0.25) is 0 Å². The van der Waals surface area contributed by atoms with Crippen LogP contribution in [0.5, 0.6) is 11.5 Å². The number of carbonyl (C=O) groups excluding carboxylic acids is 1. The third-order valence-electron chi connectivity index (χ3n) is 2.48. The van der Waals surface area contributed by atoms with Gasteiger partial charge in [-0.3, -0.25) is 19.9 Å². The largest absolute Gasteiger partial charge is 0.448 e. The van der Waals surface area contributed by atoms with Crippen molar-refractivity contribution < 1.29 is 14.5 Å². The van der Waals surface area contributed by atoms with Gasteiger partial charge in [0, 0.05) is 17.8 Å². The smallest absolute Gasteiger partial charge is 0.311 e. The van der Waals surface area contributed by atoms with E-state index < -0.39 is 4.92 Å². The Labute approximate surface area is 108 Å².